The van der Waals surface area contributed by atoms with E-state index in [0.29, 0.717) is 6.04 Å². The summed E-state index contributed by atoms with van der Waals surface area (Å²) in [5.41, 5.74) is 5.72. The molecule has 0 amide bonds. The van der Waals surface area contributed by atoms with Gasteiger partial charge in [-0.15, -0.1) is 0 Å². The number of rotatable bonds is 5. The molecule has 2 aromatic rings. The van der Waals surface area contributed by atoms with Crippen molar-refractivity contribution in [2.24, 2.45) is 0 Å². The van der Waals surface area contributed by atoms with Crippen LogP contribution in [-0.4, -0.2) is 20.1 Å². The Morgan fingerprint density at radius 1 is 1.10 bits per heavy atom. The van der Waals surface area contributed by atoms with Crippen LogP contribution < -0.4 is 10.2 Å². The quantitative estimate of drug-likeness (QED) is 0.898. The van der Waals surface area contributed by atoms with E-state index in [0.717, 1.165) is 19.5 Å². The molecule has 0 spiro atoms. The average Bonchev–Trinajstić information content (AvgIpc) is 2.93. The van der Waals surface area contributed by atoms with Crippen LogP contribution in [0.1, 0.15) is 29.2 Å². The van der Waals surface area contributed by atoms with Crippen molar-refractivity contribution in [2.75, 3.05) is 25.0 Å². The lowest BCUT2D eigenvalue weighted by molar-refractivity contribution is 0.542. The van der Waals surface area contributed by atoms with Gasteiger partial charge in [0.1, 0.15) is 0 Å². The number of benzene rings is 2. The fraction of sp³-hybridized carbons (Fsp3) is 0.368. The predicted molar refractivity (Wildman–Crippen MR) is 90.0 cm³/mol. The van der Waals surface area contributed by atoms with Gasteiger partial charge in [-0.25, -0.2) is 0 Å². The first-order valence-corrected chi connectivity index (χ1v) is 7.85. The predicted octanol–water partition coefficient (Wildman–Crippen LogP) is 3.71. The smallest absolute Gasteiger partial charge is 0.0399 e. The highest BCUT2D eigenvalue weighted by atomic mass is 15.1. The fourth-order valence-electron chi connectivity index (χ4n) is 3.36. The zero-order valence-corrected chi connectivity index (χ0v) is 13.0. The molecule has 21 heavy (non-hydrogen) atoms. The third-order valence-corrected chi connectivity index (χ3v) is 4.58. The Morgan fingerprint density at radius 2 is 1.86 bits per heavy atom. The van der Waals surface area contributed by atoms with Crippen molar-refractivity contribution in [1.82, 2.24) is 5.32 Å². The summed E-state index contributed by atoms with van der Waals surface area (Å²) in [7, 11) is 2.06. The molecule has 110 valence electrons. The van der Waals surface area contributed by atoms with Crippen molar-refractivity contribution >= 4 is 5.69 Å². The van der Waals surface area contributed by atoms with Gasteiger partial charge < -0.3 is 10.2 Å². The van der Waals surface area contributed by atoms with E-state index in [1.807, 2.05) is 0 Å². The number of hydrogen-bond donors (Lipinski definition) is 1. The molecule has 1 unspecified atom stereocenters. The molecule has 0 radical (unpaired) electrons. The maximum atomic E-state index is 3.48. The first-order valence-electron chi connectivity index (χ1n) is 7.85. The normalized spacial score (nSPS) is 15.0. The van der Waals surface area contributed by atoms with E-state index in [9.17, 15) is 0 Å². The van der Waals surface area contributed by atoms with Crippen molar-refractivity contribution < 1.29 is 0 Å². The zero-order chi connectivity index (χ0) is 14.7. The first-order chi connectivity index (χ1) is 10.3. The Labute approximate surface area is 127 Å². The van der Waals surface area contributed by atoms with Crippen LogP contribution in [0, 0.1) is 6.92 Å². The second-order valence-electron chi connectivity index (χ2n) is 5.85. The van der Waals surface area contributed by atoms with E-state index in [4.69, 9.17) is 0 Å². The summed E-state index contributed by atoms with van der Waals surface area (Å²) in [5, 5.41) is 3.48. The monoisotopic (exact) mass is 280 g/mol. The summed E-state index contributed by atoms with van der Waals surface area (Å²) in [6.07, 6.45) is 2.32. The van der Waals surface area contributed by atoms with Gasteiger partial charge in [-0.2, -0.15) is 0 Å². The van der Waals surface area contributed by atoms with E-state index in [-0.39, 0.29) is 0 Å². The van der Waals surface area contributed by atoms with Crippen molar-refractivity contribution in [3.63, 3.8) is 0 Å². The highest BCUT2D eigenvalue weighted by Gasteiger charge is 2.19. The van der Waals surface area contributed by atoms with Crippen LogP contribution in [-0.2, 0) is 6.42 Å². The van der Waals surface area contributed by atoms with Crippen molar-refractivity contribution in [2.45, 2.75) is 25.8 Å². The lowest BCUT2D eigenvalue weighted by atomic mass is 9.99. The highest BCUT2D eigenvalue weighted by Crippen LogP contribution is 2.29. The van der Waals surface area contributed by atoms with E-state index >= 15 is 0 Å². The number of hydrogen-bond acceptors (Lipinski definition) is 2. The standard InChI is InChI=1S/C19H24N2/c1-15-7-3-5-9-17(15)18(20-2)12-14-21-13-11-16-8-4-6-10-19(16)21/h3-10,18,20H,11-14H2,1-2H3. The summed E-state index contributed by atoms with van der Waals surface area (Å²) in [6, 6.07) is 17.9. The van der Waals surface area contributed by atoms with Gasteiger partial charge >= 0.3 is 0 Å². The summed E-state index contributed by atoms with van der Waals surface area (Å²) < 4.78 is 0. The first kappa shape index (κ1) is 14.2. The molecule has 2 heteroatoms. The molecule has 1 heterocycles. The van der Waals surface area contributed by atoms with Crippen LogP contribution in [0.15, 0.2) is 48.5 Å². The van der Waals surface area contributed by atoms with Gasteiger partial charge in [0, 0.05) is 24.8 Å². The summed E-state index contributed by atoms with van der Waals surface area (Å²) in [4.78, 5) is 2.53. The molecule has 0 saturated carbocycles. The van der Waals surface area contributed by atoms with Gasteiger partial charge in [0.2, 0.25) is 0 Å². The van der Waals surface area contributed by atoms with Crippen LogP contribution in [0.2, 0.25) is 0 Å². The fourth-order valence-corrected chi connectivity index (χ4v) is 3.36. The van der Waals surface area contributed by atoms with Gasteiger partial charge in [0.15, 0.2) is 0 Å². The average molecular weight is 280 g/mol. The van der Waals surface area contributed by atoms with Gasteiger partial charge in [0.25, 0.3) is 0 Å². The molecule has 2 aromatic carbocycles. The van der Waals surface area contributed by atoms with E-state index in [1.165, 1.54) is 28.8 Å². The molecule has 0 aliphatic carbocycles. The van der Waals surface area contributed by atoms with E-state index in [1.54, 1.807) is 0 Å². The molecule has 3 rings (SSSR count). The minimum atomic E-state index is 0.430. The molecule has 0 bridgehead atoms. The topological polar surface area (TPSA) is 15.3 Å². The lowest BCUT2D eigenvalue weighted by Crippen LogP contribution is -2.27. The number of para-hydroxylation sites is 1. The SMILES string of the molecule is CNC(CCN1CCc2ccccc21)c1ccccc1C. The van der Waals surface area contributed by atoms with Crippen LogP contribution in [0.5, 0.6) is 0 Å². The number of nitrogens with zero attached hydrogens (tertiary/aromatic N) is 1. The molecule has 1 aliphatic rings. The molecular formula is C19H24N2. The maximum Gasteiger partial charge on any atom is 0.0399 e. The van der Waals surface area contributed by atoms with E-state index < -0.39 is 0 Å². The number of aryl methyl sites for hydroxylation is 1. The number of nitrogens with one attached hydrogen (secondary N) is 1. The Kier molecular flexibility index (Phi) is 4.26. The largest absolute Gasteiger partial charge is 0.371 e. The Balaban J connectivity index is 1.68. The van der Waals surface area contributed by atoms with Crippen LogP contribution in [0.3, 0.4) is 0 Å². The minimum absolute atomic E-state index is 0.430. The van der Waals surface area contributed by atoms with Crippen LogP contribution >= 0.6 is 0 Å². The van der Waals surface area contributed by atoms with Crippen molar-refractivity contribution in [3.8, 4) is 0 Å². The molecular weight excluding hydrogens is 256 g/mol. The third-order valence-electron chi connectivity index (χ3n) is 4.58. The molecule has 2 nitrogen and oxygen atoms in total. The molecule has 1 N–H and O–H groups in total. The van der Waals surface area contributed by atoms with Crippen LogP contribution in [0.25, 0.3) is 0 Å². The van der Waals surface area contributed by atoms with Gasteiger partial charge in [-0.05, 0) is 49.6 Å². The molecule has 0 saturated heterocycles. The van der Waals surface area contributed by atoms with Crippen molar-refractivity contribution in [3.05, 3.63) is 65.2 Å². The summed E-state index contributed by atoms with van der Waals surface area (Å²) >= 11 is 0. The van der Waals surface area contributed by atoms with Gasteiger partial charge in [-0.1, -0.05) is 42.5 Å². The summed E-state index contributed by atoms with van der Waals surface area (Å²) in [6.45, 7) is 4.46. The Bertz CT molecular complexity index is 606. The summed E-state index contributed by atoms with van der Waals surface area (Å²) in [5.74, 6) is 0. The Morgan fingerprint density at radius 3 is 2.67 bits per heavy atom. The second kappa shape index (κ2) is 6.31. The molecule has 1 atom stereocenters. The van der Waals surface area contributed by atoms with E-state index in [2.05, 4.69) is 72.7 Å². The third kappa shape index (κ3) is 2.96. The lowest BCUT2D eigenvalue weighted by Gasteiger charge is -2.24. The molecule has 1 aliphatic heterocycles. The van der Waals surface area contributed by atoms with Crippen LogP contribution in [0.4, 0.5) is 5.69 Å². The second-order valence-corrected chi connectivity index (χ2v) is 5.85. The van der Waals surface area contributed by atoms with Gasteiger partial charge in [0.05, 0.1) is 0 Å². The Hall–Kier alpha value is -1.80. The molecule has 0 aromatic heterocycles. The highest BCUT2D eigenvalue weighted by molar-refractivity contribution is 5.57. The number of anilines is 1. The minimum Gasteiger partial charge on any atom is -0.371 e. The van der Waals surface area contributed by atoms with Crippen molar-refractivity contribution in [1.29, 1.82) is 0 Å². The molecule has 0 fully saturated rings. The zero-order valence-electron chi connectivity index (χ0n) is 13.0. The number of fused-ring (bicyclic) bond motifs is 1. The maximum absolute atomic E-state index is 3.48. The van der Waals surface area contributed by atoms with Gasteiger partial charge in [-0.3, -0.25) is 0 Å².